The molecule has 0 heterocycles. The Morgan fingerprint density at radius 2 is 2.29 bits per heavy atom. The van der Waals surface area contributed by atoms with Gasteiger partial charge in [-0.3, -0.25) is 10.1 Å². The molecule has 0 aromatic heterocycles. The Hall–Kier alpha value is -2.62. The molecule has 1 rings (SSSR count). The zero-order valence-electron chi connectivity index (χ0n) is 8.71. The van der Waals surface area contributed by atoms with Crippen LogP contribution in [0, 0.1) is 21.4 Å². The standard InChI is InChI=1S/C10H9N3O4/c11-4-1-5-12-9-3-2-7(13(16)17)6-8(9)10(14)15/h2-3,6,12H,1,5H2,(H,14,15). The fourth-order valence-corrected chi connectivity index (χ4v) is 1.23. The third-order valence-corrected chi connectivity index (χ3v) is 2.00. The molecule has 7 heteroatoms. The van der Waals surface area contributed by atoms with Crippen LogP contribution in [-0.4, -0.2) is 22.5 Å². The summed E-state index contributed by atoms with van der Waals surface area (Å²) in [5.41, 5.74) is -0.205. The number of anilines is 1. The van der Waals surface area contributed by atoms with Gasteiger partial charge in [0.15, 0.2) is 0 Å². The number of nitriles is 1. The maximum Gasteiger partial charge on any atom is 0.338 e. The number of carboxylic acids is 1. The number of nitro groups is 1. The molecule has 0 aliphatic carbocycles. The Morgan fingerprint density at radius 1 is 1.59 bits per heavy atom. The third kappa shape index (κ3) is 3.17. The lowest BCUT2D eigenvalue weighted by atomic mass is 10.1. The zero-order chi connectivity index (χ0) is 12.8. The maximum absolute atomic E-state index is 10.9. The summed E-state index contributed by atoms with van der Waals surface area (Å²) in [4.78, 5) is 20.7. The summed E-state index contributed by atoms with van der Waals surface area (Å²) < 4.78 is 0. The van der Waals surface area contributed by atoms with Crippen molar-refractivity contribution < 1.29 is 14.8 Å². The molecular formula is C10H9N3O4. The molecule has 1 aromatic carbocycles. The number of nitrogens with one attached hydrogen (secondary N) is 1. The van der Waals surface area contributed by atoms with E-state index in [1.165, 1.54) is 12.1 Å². The van der Waals surface area contributed by atoms with Gasteiger partial charge in [-0.15, -0.1) is 0 Å². The van der Waals surface area contributed by atoms with Crippen molar-refractivity contribution in [2.45, 2.75) is 6.42 Å². The second-order valence-electron chi connectivity index (χ2n) is 3.13. The molecular weight excluding hydrogens is 226 g/mol. The number of nitrogens with zero attached hydrogens (tertiary/aromatic N) is 2. The van der Waals surface area contributed by atoms with Crippen LogP contribution in [0.1, 0.15) is 16.8 Å². The topological polar surface area (TPSA) is 116 Å². The van der Waals surface area contributed by atoms with Gasteiger partial charge in [-0.05, 0) is 6.07 Å². The van der Waals surface area contributed by atoms with Crippen LogP contribution < -0.4 is 5.32 Å². The molecule has 0 spiro atoms. The van der Waals surface area contributed by atoms with Crippen molar-refractivity contribution in [3.8, 4) is 6.07 Å². The highest BCUT2D eigenvalue weighted by atomic mass is 16.6. The fraction of sp³-hybridized carbons (Fsp3) is 0.200. The quantitative estimate of drug-likeness (QED) is 0.455. The van der Waals surface area contributed by atoms with Gasteiger partial charge in [0.2, 0.25) is 0 Å². The number of non-ortho nitro benzene ring substituents is 1. The van der Waals surface area contributed by atoms with Crippen molar-refractivity contribution in [1.29, 1.82) is 5.26 Å². The molecule has 0 bridgehead atoms. The molecule has 7 nitrogen and oxygen atoms in total. The smallest absolute Gasteiger partial charge is 0.338 e. The van der Waals surface area contributed by atoms with E-state index < -0.39 is 10.9 Å². The average molecular weight is 235 g/mol. The predicted molar refractivity (Wildman–Crippen MR) is 58.8 cm³/mol. The largest absolute Gasteiger partial charge is 0.478 e. The van der Waals surface area contributed by atoms with Crippen LogP contribution in [0.4, 0.5) is 11.4 Å². The minimum absolute atomic E-state index is 0.183. The summed E-state index contributed by atoms with van der Waals surface area (Å²) in [6, 6.07) is 5.41. The first-order valence-corrected chi connectivity index (χ1v) is 4.69. The molecule has 0 amide bonds. The highest BCUT2D eigenvalue weighted by Crippen LogP contribution is 2.22. The Balaban J connectivity index is 3.01. The summed E-state index contributed by atoms with van der Waals surface area (Å²) in [5.74, 6) is -1.26. The number of carbonyl (C=O) groups is 1. The maximum atomic E-state index is 10.9. The summed E-state index contributed by atoms with van der Waals surface area (Å²) in [5, 5.41) is 30.5. The van der Waals surface area contributed by atoms with Gasteiger partial charge in [-0.1, -0.05) is 0 Å². The molecule has 17 heavy (non-hydrogen) atoms. The first-order valence-electron chi connectivity index (χ1n) is 4.69. The first-order chi connectivity index (χ1) is 8.06. The molecule has 0 unspecified atom stereocenters. The first kappa shape index (κ1) is 12.4. The van der Waals surface area contributed by atoms with Gasteiger partial charge in [0.05, 0.1) is 23.0 Å². The second kappa shape index (κ2) is 5.46. The number of aromatic carboxylic acids is 1. The van der Waals surface area contributed by atoms with Crippen LogP contribution in [0.25, 0.3) is 0 Å². The lowest BCUT2D eigenvalue weighted by Crippen LogP contribution is -2.07. The third-order valence-electron chi connectivity index (χ3n) is 2.00. The van der Waals surface area contributed by atoms with E-state index in [1.54, 1.807) is 0 Å². The van der Waals surface area contributed by atoms with E-state index in [9.17, 15) is 14.9 Å². The predicted octanol–water partition coefficient (Wildman–Crippen LogP) is 1.62. The van der Waals surface area contributed by atoms with Crippen molar-refractivity contribution in [3.63, 3.8) is 0 Å². The number of hydrogen-bond acceptors (Lipinski definition) is 5. The lowest BCUT2D eigenvalue weighted by Gasteiger charge is -2.07. The molecule has 88 valence electrons. The summed E-state index contributed by atoms with van der Waals surface area (Å²) in [7, 11) is 0. The number of rotatable bonds is 5. The number of carboxylic acid groups (broad SMARTS) is 1. The van der Waals surface area contributed by atoms with Gasteiger partial charge in [0.25, 0.3) is 5.69 Å². The van der Waals surface area contributed by atoms with E-state index in [-0.39, 0.29) is 29.9 Å². The summed E-state index contributed by atoms with van der Waals surface area (Å²) in [6.45, 7) is 0.286. The lowest BCUT2D eigenvalue weighted by molar-refractivity contribution is -0.384. The number of benzene rings is 1. The number of nitro benzene ring substituents is 1. The van der Waals surface area contributed by atoms with Gasteiger partial charge in [-0.25, -0.2) is 4.79 Å². The van der Waals surface area contributed by atoms with E-state index in [2.05, 4.69) is 5.32 Å². The van der Waals surface area contributed by atoms with Crippen molar-refractivity contribution in [3.05, 3.63) is 33.9 Å². The van der Waals surface area contributed by atoms with E-state index >= 15 is 0 Å². The molecule has 0 fully saturated rings. The van der Waals surface area contributed by atoms with E-state index in [1.807, 2.05) is 6.07 Å². The molecule has 0 saturated heterocycles. The van der Waals surface area contributed by atoms with Crippen molar-refractivity contribution in [2.24, 2.45) is 0 Å². The van der Waals surface area contributed by atoms with Crippen molar-refractivity contribution >= 4 is 17.3 Å². The fourth-order valence-electron chi connectivity index (χ4n) is 1.23. The van der Waals surface area contributed by atoms with Crippen LogP contribution in [0.15, 0.2) is 18.2 Å². The highest BCUT2D eigenvalue weighted by Gasteiger charge is 2.15. The molecule has 0 radical (unpaired) electrons. The molecule has 1 aromatic rings. The van der Waals surface area contributed by atoms with Crippen LogP contribution in [0.3, 0.4) is 0 Å². The summed E-state index contributed by atoms with van der Waals surface area (Å²) in [6.07, 6.45) is 0.218. The van der Waals surface area contributed by atoms with Gasteiger partial charge < -0.3 is 10.4 Å². The molecule has 2 N–H and O–H groups in total. The minimum Gasteiger partial charge on any atom is -0.478 e. The second-order valence-corrected chi connectivity index (χ2v) is 3.13. The zero-order valence-corrected chi connectivity index (χ0v) is 8.71. The van der Waals surface area contributed by atoms with Gasteiger partial charge in [0.1, 0.15) is 0 Å². The monoisotopic (exact) mass is 235 g/mol. The van der Waals surface area contributed by atoms with Gasteiger partial charge >= 0.3 is 5.97 Å². The SMILES string of the molecule is N#CCCNc1ccc([N+](=O)[O-])cc1C(=O)O. The minimum atomic E-state index is -1.26. The number of hydrogen-bond donors (Lipinski definition) is 2. The summed E-state index contributed by atoms with van der Waals surface area (Å²) >= 11 is 0. The van der Waals surface area contributed by atoms with Crippen molar-refractivity contribution in [2.75, 3.05) is 11.9 Å². The van der Waals surface area contributed by atoms with Gasteiger partial charge in [0, 0.05) is 24.4 Å². The molecule has 0 aliphatic heterocycles. The van der Waals surface area contributed by atoms with Crippen LogP contribution in [-0.2, 0) is 0 Å². The Morgan fingerprint density at radius 3 is 2.82 bits per heavy atom. The average Bonchev–Trinajstić information content (AvgIpc) is 2.29. The van der Waals surface area contributed by atoms with Crippen molar-refractivity contribution in [1.82, 2.24) is 0 Å². The normalized spacial score (nSPS) is 9.35. The van der Waals surface area contributed by atoms with Gasteiger partial charge in [-0.2, -0.15) is 5.26 Å². The Labute approximate surface area is 96.4 Å². The van der Waals surface area contributed by atoms with E-state index in [4.69, 9.17) is 10.4 Å². The Bertz CT molecular complexity index is 493. The van der Waals surface area contributed by atoms with E-state index in [0.717, 1.165) is 6.07 Å². The molecule has 0 saturated carbocycles. The van der Waals surface area contributed by atoms with Crippen LogP contribution in [0.2, 0.25) is 0 Å². The van der Waals surface area contributed by atoms with Crippen LogP contribution in [0.5, 0.6) is 0 Å². The highest BCUT2D eigenvalue weighted by molar-refractivity contribution is 5.95. The molecule has 0 atom stereocenters. The molecule has 0 aliphatic rings. The Kier molecular flexibility index (Phi) is 4.00. The van der Waals surface area contributed by atoms with Crippen LogP contribution >= 0.6 is 0 Å². The van der Waals surface area contributed by atoms with E-state index in [0.29, 0.717) is 0 Å².